The Kier molecular flexibility index (Phi) is 9.16. The molecule has 34 heavy (non-hydrogen) atoms. The number of rotatable bonds is 12. The lowest BCUT2D eigenvalue weighted by Gasteiger charge is -2.14. The number of aromatic nitrogens is 2. The fourth-order valence-corrected chi connectivity index (χ4v) is 4.79. The van der Waals surface area contributed by atoms with Crippen LogP contribution < -0.4 is 0 Å². The molecule has 0 aliphatic heterocycles. The van der Waals surface area contributed by atoms with Gasteiger partial charge in [0.15, 0.2) is 8.03 Å². The van der Waals surface area contributed by atoms with Crippen LogP contribution in [0.4, 0.5) is 4.39 Å². The summed E-state index contributed by atoms with van der Waals surface area (Å²) < 4.78 is 33.1. The van der Waals surface area contributed by atoms with Gasteiger partial charge >= 0.3 is 5.97 Å². The van der Waals surface area contributed by atoms with Gasteiger partial charge in [-0.15, -0.1) is 0 Å². The second-order valence-corrected chi connectivity index (χ2v) is 9.82. The normalized spacial score (nSPS) is 13.2. The van der Waals surface area contributed by atoms with Crippen molar-refractivity contribution < 1.29 is 28.5 Å². The monoisotopic (exact) mass is 488 g/mol. The molecule has 7 nitrogen and oxygen atoms in total. The van der Waals surface area contributed by atoms with Crippen molar-refractivity contribution in [2.24, 2.45) is 0 Å². The highest BCUT2D eigenvalue weighted by molar-refractivity contribution is 7.39. The molecule has 0 saturated carbocycles. The second-order valence-electron chi connectivity index (χ2n) is 8.38. The van der Waals surface area contributed by atoms with Crippen LogP contribution in [0.25, 0.3) is 17.1 Å². The molecule has 0 radical (unpaired) electrons. The number of aliphatic carboxylic acids is 1. The Hall–Kier alpha value is -2.80. The van der Waals surface area contributed by atoms with Crippen molar-refractivity contribution in [3.63, 3.8) is 0 Å². The topological polar surface area (TPSA) is 102 Å². The Labute approximate surface area is 199 Å². The van der Waals surface area contributed by atoms with Crippen LogP contribution in [-0.4, -0.2) is 44.6 Å². The fourth-order valence-electron chi connectivity index (χ4n) is 3.77. The van der Waals surface area contributed by atoms with Crippen molar-refractivity contribution >= 4 is 14.0 Å². The molecule has 0 aliphatic carbocycles. The number of imidazole rings is 1. The highest BCUT2D eigenvalue weighted by Gasteiger charge is 2.21. The molecule has 3 aromatic rings. The largest absolute Gasteiger partial charge is 0.481 e. The van der Waals surface area contributed by atoms with E-state index in [1.54, 1.807) is 12.1 Å². The first-order valence-electron chi connectivity index (χ1n) is 11.2. The standard InChI is InChI=1S/C25H30FN2O5P/c1-17(2)24-22(9-6-14-33-34(32)16-21(29)15-23(30)31)28(20-12-10-19(26)11-13-20)25(27-24)18-7-4-3-5-8-18/h3-5,7-8,10-13,17,21,29,34H,6,9,14-16H2,1-2H3,(H,30,31)/t21-/m0/s1. The summed E-state index contributed by atoms with van der Waals surface area (Å²) in [5.41, 5.74) is 3.62. The number of hydrogen-bond donors (Lipinski definition) is 2. The van der Waals surface area contributed by atoms with Gasteiger partial charge in [-0.3, -0.25) is 13.9 Å². The van der Waals surface area contributed by atoms with E-state index in [-0.39, 0.29) is 24.5 Å². The predicted octanol–water partition coefficient (Wildman–Crippen LogP) is 5.06. The summed E-state index contributed by atoms with van der Waals surface area (Å²) >= 11 is 0. The van der Waals surface area contributed by atoms with Crippen molar-refractivity contribution in [2.45, 2.75) is 45.1 Å². The predicted molar refractivity (Wildman–Crippen MR) is 129 cm³/mol. The van der Waals surface area contributed by atoms with Crippen LogP contribution in [0.3, 0.4) is 0 Å². The van der Waals surface area contributed by atoms with Gasteiger partial charge < -0.3 is 14.7 Å². The third-order valence-electron chi connectivity index (χ3n) is 5.30. The van der Waals surface area contributed by atoms with Crippen LogP contribution in [0.15, 0.2) is 54.6 Å². The van der Waals surface area contributed by atoms with Crippen molar-refractivity contribution in [3.8, 4) is 17.1 Å². The van der Waals surface area contributed by atoms with Crippen molar-refractivity contribution in [1.82, 2.24) is 9.55 Å². The Morgan fingerprint density at radius 1 is 1.15 bits per heavy atom. The quantitative estimate of drug-likeness (QED) is 0.273. The Morgan fingerprint density at radius 3 is 2.44 bits per heavy atom. The van der Waals surface area contributed by atoms with Crippen molar-refractivity contribution in [2.75, 3.05) is 12.8 Å². The van der Waals surface area contributed by atoms with E-state index in [1.165, 1.54) is 12.1 Å². The Balaban J connectivity index is 1.83. The molecular weight excluding hydrogens is 458 g/mol. The van der Waals surface area contributed by atoms with E-state index in [1.807, 2.05) is 34.9 Å². The first-order valence-corrected chi connectivity index (χ1v) is 12.8. The van der Waals surface area contributed by atoms with E-state index in [0.29, 0.717) is 12.8 Å². The molecule has 0 spiro atoms. The van der Waals surface area contributed by atoms with E-state index in [4.69, 9.17) is 14.6 Å². The highest BCUT2D eigenvalue weighted by atomic mass is 31.1. The van der Waals surface area contributed by atoms with E-state index in [2.05, 4.69) is 13.8 Å². The van der Waals surface area contributed by atoms with Crippen LogP contribution in [0.5, 0.6) is 0 Å². The van der Waals surface area contributed by atoms with Crippen LogP contribution >= 0.6 is 8.03 Å². The number of aliphatic hydroxyl groups excluding tert-OH is 1. The van der Waals surface area contributed by atoms with Gasteiger partial charge in [0.25, 0.3) is 0 Å². The van der Waals surface area contributed by atoms with E-state index in [0.717, 1.165) is 28.5 Å². The lowest BCUT2D eigenvalue weighted by atomic mass is 10.1. The zero-order valence-electron chi connectivity index (χ0n) is 19.3. The number of carbonyl (C=O) groups is 1. The van der Waals surface area contributed by atoms with E-state index in [9.17, 15) is 18.9 Å². The third-order valence-corrected chi connectivity index (χ3v) is 6.63. The first kappa shape index (κ1) is 25.8. The van der Waals surface area contributed by atoms with Gasteiger partial charge in [0.1, 0.15) is 11.6 Å². The molecule has 0 aliphatic rings. The molecule has 2 aromatic carbocycles. The number of aliphatic hydroxyl groups is 1. The number of halogens is 1. The smallest absolute Gasteiger partial charge is 0.305 e. The molecular formula is C25H30FN2O5P. The number of carboxylic acid groups (broad SMARTS) is 1. The van der Waals surface area contributed by atoms with Gasteiger partial charge in [0, 0.05) is 23.1 Å². The molecule has 9 heteroatoms. The van der Waals surface area contributed by atoms with E-state index >= 15 is 0 Å². The van der Waals surface area contributed by atoms with Crippen LogP contribution in [0, 0.1) is 5.82 Å². The van der Waals surface area contributed by atoms with Gasteiger partial charge in [0.2, 0.25) is 0 Å². The van der Waals surface area contributed by atoms with E-state index < -0.39 is 26.5 Å². The summed E-state index contributed by atoms with van der Waals surface area (Å²) in [7, 11) is -2.54. The second kappa shape index (κ2) is 12.1. The zero-order chi connectivity index (χ0) is 24.7. The molecule has 2 atom stereocenters. The summed E-state index contributed by atoms with van der Waals surface area (Å²) in [5.74, 6) is -0.561. The molecule has 0 bridgehead atoms. The van der Waals surface area contributed by atoms with Gasteiger partial charge in [0.05, 0.1) is 24.8 Å². The molecule has 0 saturated heterocycles. The summed E-state index contributed by atoms with van der Waals surface area (Å²) in [6.07, 6.45) is -0.704. The first-order chi connectivity index (χ1) is 16.3. The average Bonchev–Trinajstić information content (AvgIpc) is 3.17. The Morgan fingerprint density at radius 2 is 1.82 bits per heavy atom. The minimum absolute atomic E-state index is 0.144. The van der Waals surface area contributed by atoms with Crippen LogP contribution in [-0.2, 0) is 20.3 Å². The van der Waals surface area contributed by atoms with Crippen molar-refractivity contribution in [3.05, 3.63) is 71.8 Å². The molecule has 1 unspecified atom stereocenters. The minimum Gasteiger partial charge on any atom is -0.481 e. The maximum atomic E-state index is 13.6. The maximum Gasteiger partial charge on any atom is 0.305 e. The molecule has 182 valence electrons. The Bertz CT molecular complexity index is 1120. The fraction of sp³-hybridized carbons (Fsp3) is 0.360. The molecule has 1 heterocycles. The molecule has 2 N–H and O–H groups in total. The molecule has 0 fully saturated rings. The number of carboxylic acids is 1. The van der Waals surface area contributed by atoms with Gasteiger partial charge in [-0.05, 0) is 43.0 Å². The zero-order valence-corrected chi connectivity index (χ0v) is 20.3. The lowest BCUT2D eigenvalue weighted by molar-refractivity contribution is -0.138. The third kappa shape index (κ3) is 6.86. The lowest BCUT2D eigenvalue weighted by Crippen LogP contribution is -2.15. The van der Waals surface area contributed by atoms with Gasteiger partial charge in [-0.1, -0.05) is 44.2 Å². The summed E-state index contributed by atoms with van der Waals surface area (Å²) in [6, 6.07) is 16.1. The SMILES string of the molecule is CC(C)c1nc(-c2ccccc2)n(-c2ccc(F)cc2)c1CCCO[PH](=O)C[C@@H](O)CC(=O)O. The number of benzene rings is 2. The summed E-state index contributed by atoms with van der Waals surface area (Å²) in [4.78, 5) is 15.6. The number of nitrogens with zero attached hydrogens (tertiary/aromatic N) is 2. The average molecular weight is 488 g/mol. The summed E-state index contributed by atoms with van der Waals surface area (Å²) in [5, 5.41) is 18.3. The number of hydrogen-bond acceptors (Lipinski definition) is 5. The van der Waals surface area contributed by atoms with Gasteiger partial charge in [-0.2, -0.15) is 0 Å². The maximum absolute atomic E-state index is 13.6. The molecule has 1 aromatic heterocycles. The minimum atomic E-state index is -2.54. The summed E-state index contributed by atoms with van der Waals surface area (Å²) in [6.45, 7) is 4.33. The highest BCUT2D eigenvalue weighted by Crippen LogP contribution is 2.32. The van der Waals surface area contributed by atoms with Crippen LogP contribution in [0.1, 0.15) is 44.0 Å². The van der Waals surface area contributed by atoms with Crippen LogP contribution in [0.2, 0.25) is 0 Å². The van der Waals surface area contributed by atoms with Crippen molar-refractivity contribution in [1.29, 1.82) is 0 Å². The molecule has 3 rings (SSSR count). The van der Waals surface area contributed by atoms with Gasteiger partial charge in [-0.25, -0.2) is 9.37 Å². The molecule has 0 amide bonds.